The van der Waals surface area contributed by atoms with Gasteiger partial charge in [0, 0.05) is 24.7 Å². The number of halogens is 1. The average molecular weight is 414 g/mol. The third kappa shape index (κ3) is 4.26. The Morgan fingerprint density at radius 2 is 1.83 bits per heavy atom. The van der Waals surface area contributed by atoms with Crippen LogP contribution >= 0.6 is 12.4 Å². The molecule has 1 saturated carbocycles. The summed E-state index contributed by atoms with van der Waals surface area (Å²) in [5.74, 6) is 0. The fourth-order valence-electron chi connectivity index (χ4n) is 4.55. The molecule has 0 radical (unpaired) electrons. The standard InChI is InChI=1S/C23H31N5.ClH/c1-17-9-5-8-12-21(17)28-19(3)23(18(2)25-28)22-15-24-16-27(22)14-13-26(4)20-10-6-7-11-20;/h5,8-9,12,15-16,20H,6-7,10-11,13-14H2,1-4H3;1H. The van der Waals surface area contributed by atoms with Crippen molar-refractivity contribution < 1.29 is 0 Å². The summed E-state index contributed by atoms with van der Waals surface area (Å²) in [6.07, 6.45) is 9.38. The molecule has 4 rings (SSSR count). The summed E-state index contributed by atoms with van der Waals surface area (Å²) in [4.78, 5) is 6.98. The van der Waals surface area contributed by atoms with E-state index in [0.717, 1.165) is 41.9 Å². The lowest BCUT2D eigenvalue weighted by atomic mass is 10.1. The Hall–Kier alpha value is -2.11. The Kier molecular flexibility index (Phi) is 6.81. The Balaban J connectivity index is 0.00000240. The number of para-hydroxylation sites is 1. The molecule has 0 bridgehead atoms. The Morgan fingerprint density at radius 3 is 2.55 bits per heavy atom. The van der Waals surface area contributed by atoms with Gasteiger partial charge in [-0.05, 0) is 52.3 Å². The zero-order chi connectivity index (χ0) is 19.7. The second kappa shape index (κ2) is 9.14. The van der Waals surface area contributed by atoms with Gasteiger partial charge in [-0.15, -0.1) is 12.4 Å². The van der Waals surface area contributed by atoms with Crippen LogP contribution in [-0.4, -0.2) is 43.9 Å². The van der Waals surface area contributed by atoms with Crippen LogP contribution < -0.4 is 0 Å². The third-order valence-corrected chi connectivity index (χ3v) is 6.25. The van der Waals surface area contributed by atoms with E-state index in [-0.39, 0.29) is 12.4 Å². The maximum atomic E-state index is 4.86. The molecule has 0 unspecified atom stereocenters. The quantitative estimate of drug-likeness (QED) is 0.573. The van der Waals surface area contributed by atoms with Crippen molar-refractivity contribution in [2.24, 2.45) is 0 Å². The highest BCUT2D eigenvalue weighted by atomic mass is 35.5. The Morgan fingerprint density at radius 1 is 1.10 bits per heavy atom. The molecule has 0 atom stereocenters. The predicted molar refractivity (Wildman–Crippen MR) is 121 cm³/mol. The van der Waals surface area contributed by atoms with Crippen LogP contribution in [0.25, 0.3) is 16.9 Å². The summed E-state index contributed by atoms with van der Waals surface area (Å²) >= 11 is 0. The Bertz CT molecular complexity index is 952. The molecule has 0 saturated heterocycles. The molecular formula is C23H32ClN5. The van der Waals surface area contributed by atoms with Gasteiger partial charge in [-0.25, -0.2) is 9.67 Å². The molecule has 0 N–H and O–H groups in total. The number of aryl methyl sites for hydroxylation is 2. The minimum absolute atomic E-state index is 0. The number of hydrogen-bond acceptors (Lipinski definition) is 3. The summed E-state index contributed by atoms with van der Waals surface area (Å²) in [6, 6.07) is 9.16. The zero-order valence-electron chi connectivity index (χ0n) is 17.9. The summed E-state index contributed by atoms with van der Waals surface area (Å²) in [5, 5.41) is 4.86. The van der Waals surface area contributed by atoms with Crippen LogP contribution in [0.1, 0.15) is 42.6 Å². The number of hydrogen-bond donors (Lipinski definition) is 0. The van der Waals surface area contributed by atoms with Gasteiger partial charge in [-0.1, -0.05) is 31.0 Å². The molecule has 156 valence electrons. The van der Waals surface area contributed by atoms with Crippen LogP contribution in [0, 0.1) is 20.8 Å². The third-order valence-electron chi connectivity index (χ3n) is 6.25. The van der Waals surface area contributed by atoms with Crippen LogP contribution in [0.4, 0.5) is 0 Å². The van der Waals surface area contributed by atoms with E-state index in [1.54, 1.807) is 0 Å². The molecule has 2 aromatic heterocycles. The first kappa shape index (κ1) is 21.6. The van der Waals surface area contributed by atoms with E-state index >= 15 is 0 Å². The molecule has 1 aromatic carbocycles. The topological polar surface area (TPSA) is 38.9 Å². The van der Waals surface area contributed by atoms with Crippen molar-refractivity contribution in [3.8, 4) is 16.9 Å². The van der Waals surface area contributed by atoms with Gasteiger partial charge in [0.05, 0.1) is 35.3 Å². The molecule has 0 amide bonds. The molecule has 3 aromatic rings. The molecular weight excluding hydrogens is 382 g/mol. The molecule has 0 aliphatic heterocycles. The van der Waals surface area contributed by atoms with Crippen LogP contribution in [-0.2, 0) is 6.54 Å². The van der Waals surface area contributed by atoms with E-state index in [1.807, 2.05) is 12.5 Å². The van der Waals surface area contributed by atoms with Gasteiger partial charge in [0.2, 0.25) is 0 Å². The van der Waals surface area contributed by atoms with Gasteiger partial charge < -0.3 is 9.47 Å². The first-order valence-electron chi connectivity index (χ1n) is 10.4. The van der Waals surface area contributed by atoms with Gasteiger partial charge in [0.1, 0.15) is 0 Å². The van der Waals surface area contributed by atoms with Crippen LogP contribution in [0.5, 0.6) is 0 Å². The highest BCUT2D eigenvalue weighted by molar-refractivity contribution is 5.85. The number of rotatable bonds is 6. The molecule has 29 heavy (non-hydrogen) atoms. The van der Waals surface area contributed by atoms with Gasteiger partial charge in [0.15, 0.2) is 0 Å². The molecule has 6 heteroatoms. The van der Waals surface area contributed by atoms with Crippen LogP contribution in [0.3, 0.4) is 0 Å². The van der Waals surface area contributed by atoms with E-state index in [1.165, 1.54) is 36.8 Å². The summed E-state index contributed by atoms with van der Waals surface area (Å²) in [7, 11) is 2.26. The lowest BCUT2D eigenvalue weighted by Gasteiger charge is -2.24. The molecule has 2 heterocycles. The number of nitrogens with zero attached hydrogens (tertiary/aromatic N) is 5. The second-order valence-corrected chi connectivity index (χ2v) is 8.14. The summed E-state index contributed by atoms with van der Waals surface area (Å²) in [6.45, 7) is 8.40. The first-order chi connectivity index (χ1) is 13.6. The zero-order valence-corrected chi connectivity index (χ0v) is 18.7. The van der Waals surface area contributed by atoms with Gasteiger partial charge >= 0.3 is 0 Å². The molecule has 1 aliphatic carbocycles. The molecule has 1 fully saturated rings. The van der Waals surface area contributed by atoms with Crippen molar-refractivity contribution in [2.45, 2.75) is 59.0 Å². The van der Waals surface area contributed by atoms with Gasteiger partial charge in [-0.3, -0.25) is 0 Å². The average Bonchev–Trinajstić information content (AvgIpc) is 3.41. The number of aromatic nitrogens is 4. The summed E-state index contributed by atoms with van der Waals surface area (Å²) < 4.78 is 4.35. The minimum Gasteiger partial charge on any atom is -0.329 e. The monoisotopic (exact) mass is 413 g/mol. The van der Waals surface area contributed by atoms with E-state index < -0.39 is 0 Å². The largest absolute Gasteiger partial charge is 0.329 e. The van der Waals surface area contributed by atoms with Crippen molar-refractivity contribution in [1.29, 1.82) is 0 Å². The molecule has 0 spiro atoms. The van der Waals surface area contributed by atoms with Crippen molar-refractivity contribution >= 4 is 12.4 Å². The lowest BCUT2D eigenvalue weighted by molar-refractivity contribution is 0.237. The van der Waals surface area contributed by atoms with E-state index in [9.17, 15) is 0 Å². The maximum Gasteiger partial charge on any atom is 0.0951 e. The van der Waals surface area contributed by atoms with Gasteiger partial charge in [0.25, 0.3) is 0 Å². The fraction of sp³-hybridized carbons (Fsp3) is 0.478. The molecule has 5 nitrogen and oxygen atoms in total. The normalized spacial score (nSPS) is 14.5. The first-order valence-corrected chi connectivity index (χ1v) is 10.4. The number of benzene rings is 1. The maximum absolute atomic E-state index is 4.86. The highest BCUT2D eigenvalue weighted by Gasteiger charge is 2.21. The van der Waals surface area contributed by atoms with Gasteiger partial charge in [-0.2, -0.15) is 5.10 Å². The van der Waals surface area contributed by atoms with Crippen molar-refractivity contribution in [3.63, 3.8) is 0 Å². The lowest BCUT2D eigenvalue weighted by Crippen LogP contribution is -2.32. The van der Waals surface area contributed by atoms with Crippen LogP contribution in [0.15, 0.2) is 36.8 Å². The number of imidazole rings is 1. The fourth-order valence-corrected chi connectivity index (χ4v) is 4.55. The van der Waals surface area contributed by atoms with Crippen molar-refractivity contribution in [1.82, 2.24) is 24.2 Å². The minimum atomic E-state index is 0. The SMILES string of the molecule is Cc1ccccc1-n1nc(C)c(-c2cncn2CCN(C)C2CCCC2)c1C.Cl. The van der Waals surface area contributed by atoms with Crippen molar-refractivity contribution in [2.75, 3.05) is 13.6 Å². The van der Waals surface area contributed by atoms with Crippen LogP contribution in [0.2, 0.25) is 0 Å². The van der Waals surface area contributed by atoms with E-state index in [0.29, 0.717) is 0 Å². The highest BCUT2D eigenvalue weighted by Crippen LogP contribution is 2.29. The Labute approximate surface area is 180 Å². The van der Waals surface area contributed by atoms with Crippen molar-refractivity contribution in [3.05, 3.63) is 53.7 Å². The smallest absolute Gasteiger partial charge is 0.0951 e. The van der Waals surface area contributed by atoms with E-state index in [4.69, 9.17) is 5.10 Å². The number of likely N-dealkylation sites (N-methyl/N-ethyl adjacent to an activating group) is 1. The predicted octanol–water partition coefficient (Wildman–Crippen LogP) is 4.96. The second-order valence-electron chi connectivity index (χ2n) is 8.14. The molecule has 1 aliphatic rings. The van der Waals surface area contributed by atoms with E-state index in [2.05, 4.69) is 71.2 Å². The summed E-state index contributed by atoms with van der Waals surface area (Å²) in [5.41, 5.74) is 6.94.